The monoisotopic (exact) mass is 499 g/mol. The van der Waals surface area contributed by atoms with E-state index in [1.165, 1.54) is 6.07 Å². The number of nitrogens with one attached hydrogen (secondary N) is 1. The number of morpholine rings is 1. The normalized spacial score (nSPS) is 15.0. The van der Waals surface area contributed by atoms with E-state index < -0.39 is 18.6 Å². The number of aromatic nitrogens is 1. The fourth-order valence-electron chi connectivity index (χ4n) is 4.10. The second-order valence-electron chi connectivity index (χ2n) is 8.30. The lowest BCUT2D eigenvalue weighted by molar-refractivity contribution is -0.124. The van der Waals surface area contributed by atoms with Gasteiger partial charge in [0.25, 0.3) is 0 Å². The van der Waals surface area contributed by atoms with Gasteiger partial charge in [-0.1, -0.05) is 17.7 Å². The average molecular weight is 500 g/mol. The summed E-state index contributed by atoms with van der Waals surface area (Å²) in [6.45, 7) is 1.64. The van der Waals surface area contributed by atoms with Crippen LogP contribution >= 0.6 is 11.6 Å². The molecule has 184 valence electrons. The molecule has 35 heavy (non-hydrogen) atoms. The first-order chi connectivity index (χ1) is 16.9. The molecule has 1 atom stereocenters. The highest BCUT2D eigenvalue weighted by molar-refractivity contribution is 6.30. The molecule has 1 amide bonds. The minimum Gasteiger partial charge on any atom is -0.507 e. The molecule has 1 unspecified atom stereocenters. The maximum absolute atomic E-state index is 13.4. The SMILES string of the molecule is NC(=O)C(Cc1ccc(-c2cc(Nc3ccc(Cl)cc3CF)ccc2O)nc1N)N1CCOCC1. The number of phenolic OH excluding ortho intramolecular Hbond substituents is 1. The van der Waals surface area contributed by atoms with Crippen LogP contribution in [0.1, 0.15) is 11.1 Å². The number of rotatable bonds is 8. The van der Waals surface area contributed by atoms with Crippen LogP contribution in [0, 0.1) is 0 Å². The van der Waals surface area contributed by atoms with Crippen molar-refractivity contribution >= 4 is 34.7 Å². The van der Waals surface area contributed by atoms with Crippen molar-refractivity contribution in [2.75, 3.05) is 37.4 Å². The molecular weight excluding hydrogens is 473 g/mol. The number of halogens is 2. The van der Waals surface area contributed by atoms with Crippen LogP contribution in [0.2, 0.25) is 5.02 Å². The Morgan fingerprint density at radius 3 is 2.63 bits per heavy atom. The Morgan fingerprint density at radius 1 is 1.17 bits per heavy atom. The van der Waals surface area contributed by atoms with Crippen molar-refractivity contribution in [3.63, 3.8) is 0 Å². The van der Waals surface area contributed by atoms with Crippen LogP contribution in [-0.2, 0) is 22.6 Å². The number of benzene rings is 2. The van der Waals surface area contributed by atoms with E-state index in [0.717, 1.165) is 0 Å². The van der Waals surface area contributed by atoms with Crippen LogP contribution < -0.4 is 16.8 Å². The van der Waals surface area contributed by atoms with E-state index >= 15 is 0 Å². The summed E-state index contributed by atoms with van der Waals surface area (Å²) in [5.41, 5.74) is 15.1. The molecule has 4 rings (SSSR count). The predicted molar refractivity (Wildman–Crippen MR) is 134 cm³/mol. The van der Waals surface area contributed by atoms with E-state index in [1.807, 2.05) is 4.90 Å². The lowest BCUT2D eigenvalue weighted by atomic mass is 10.0. The lowest BCUT2D eigenvalue weighted by Crippen LogP contribution is -2.50. The number of pyridine rings is 1. The number of ether oxygens (including phenoxy) is 1. The van der Waals surface area contributed by atoms with Gasteiger partial charge in [0.1, 0.15) is 18.2 Å². The Hall–Kier alpha value is -3.40. The molecule has 8 nitrogen and oxygen atoms in total. The number of amides is 1. The summed E-state index contributed by atoms with van der Waals surface area (Å²) >= 11 is 5.96. The molecule has 10 heteroatoms. The number of nitrogens with two attached hydrogens (primary N) is 2. The molecule has 0 radical (unpaired) electrons. The smallest absolute Gasteiger partial charge is 0.235 e. The van der Waals surface area contributed by atoms with Crippen molar-refractivity contribution in [2.24, 2.45) is 5.73 Å². The summed E-state index contributed by atoms with van der Waals surface area (Å²) in [7, 11) is 0. The van der Waals surface area contributed by atoms with Crippen molar-refractivity contribution in [1.82, 2.24) is 9.88 Å². The zero-order valence-electron chi connectivity index (χ0n) is 19.0. The molecule has 1 aliphatic rings. The van der Waals surface area contributed by atoms with E-state index in [-0.39, 0.29) is 11.6 Å². The van der Waals surface area contributed by atoms with Crippen molar-refractivity contribution in [3.05, 3.63) is 64.7 Å². The summed E-state index contributed by atoms with van der Waals surface area (Å²) in [5, 5.41) is 14.1. The number of carbonyl (C=O) groups excluding carboxylic acids is 1. The summed E-state index contributed by atoms with van der Waals surface area (Å²) in [4.78, 5) is 18.6. The zero-order valence-corrected chi connectivity index (χ0v) is 19.8. The second-order valence-corrected chi connectivity index (χ2v) is 8.74. The molecule has 6 N–H and O–H groups in total. The molecule has 3 aromatic rings. The molecule has 1 aromatic heterocycles. The molecule has 0 spiro atoms. The van der Waals surface area contributed by atoms with E-state index in [4.69, 9.17) is 27.8 Å². The average Bonchev–Trinajstić information content (AvgIpc) is 2.85. The summed E-state index contributed by atoms with van der Waals surface area (Å²) in [6.07, 6.45) is 0.324. The van der Waals surface area contributed by atoms with E-state index in [1.54, 1.807) is 42.5 Å². The first kappa shape index (κ1) is 24.7. The Kier molecular flexibility index (Phi) is 7.70. The molecular formula is C25H27ClFN5O3. The number of anilines is 3. The van der Waals surface area contributed by atoms with Crippen LogP contribution in [-0.4, -0.2) is 53.2 Å². The van der Waals surface area contributed by atoms with E-state index in [9.17, 15) is 14.3 Å². The highest BCUT2D eigenvalue weighted by atomic mass is 35.5. The van der Waals surface area contributed by atoms with E-state index in [0.29, 0.717) is 71.5 Å². The highest BCUT2D eigenvalue weighted by Crippen LogP contribution is 2.34. The number of carbonyl (C=O) groups is 1. The van der Waals surface area contributed by atoms with Crippen LogP contribution in [0.5, 0.6) is 5.75 Å². The van der Waals surface area contributed by atoms with Crippen LogP contribution in [0.4, 0.5) is 21.6 Å². The van der Waals surface area contributed by atoms with Gasteiger partial charge in [0.15, 0.2) is 0 Å². The number of phenols is 1. The lowest BCUT2D eigenvalue weighted by Gasteiger charge is -2.32. The third kappa shape index (κ3) is 5.82. The third-order valence-corrected chi connectivity index (χ3v) is 6.24. The van der Waals surface area contributed by atoms with Crippen LogP contribution in [0.25, 0.3) is 11.3 Å². The molecule has 0 saturated carbocycles. The second kappa shape index (κ2) is 10.9. The predicted octanol–water partition coefficient (Wildman–Crippen LogP) is 3.63. The number of hydrogen-bond acceptors (Lipinski definition) is 7. The molecule has 2 heterocycles. The third-order valence-electron chi connectivity index (χ3n) is 6.00. The Bertz CT molecular complexity index is 1220. The number of aromatic hydroxyl groups is 1. The molecule has 1 fully saturated rings. The summed E-state index contributed by atoms with van der Waals surface area (Å²) < 4.78 is 18.8. The van der Waals surface area contributed by atoms with Gasteiger partial charge in [0, 0.05) is 47.0 Å². The number of alkyl halides is 1. The Balaban J connectivity index is 1.57. The maximum Gasteiger partial charge on any atom is 0.235 e. The van der Waals surface area contributed by atoms with Gasteiger partial charge in [0.05, 0.1) is 24.9 Å². The molecule has 1 saturated heterocycles. The highest BCUT2D eigenvalue weighted by Gasteiger charge is 2.27. The van der Waals surface area contributed by atoms with Crippen LogP contribution in [0.3, 0.4) is 0 Å². The first-order valence-electron chi connectivity index (χ1n) is 11.2. The van der Waals surface area contributed by atoms with Gasteiger partial charge in [-0.15, -0.1) is 0 Å². The number of hydrogen-bond donors (Lipinski definition) is 4. The largest absolute Gasteiger partial charge is 0.507 e. The van der Waals surface area contributed by atoms with Gasteiger partial charge < -0.3 is 26.6 Å². The van der Waals surface area contributed by atoms with Gasteiger partial charge in [-0.2, -0.15) is 0 Å². The molecule has 0 aliphatic carbocycles. The molecule has 0 bridgehead atoms. The first-order valence-corrected chi connectivity index (χ1v) is 11.5. The van der Waals surface area contributed by atoms with Crippen LogP contribution in [0.15, 0.2) is 48.5 Å². The fraction of sp³-hybridized carbons (Fsp3) is 0.280. The van der Waals surface area contributed by atoms with Crippen molar-refractivity contribution in [3.8, 4) is 17.0 Å². The van der Waals surface area contributed by atoms with Gasteiger partial charge in [0.2, 0.25) is 5.91 Å². The number of primary amides is 1. The standard InChI is InChI=1S/C25H27ClFN5O3/c26-17-2-5-20(16(11-17)14-27)30-18-3-6-23(33)19(13-18)21-4-1-15(24(28)31-21)12-22(25(29)34)32-7-9-35-10-8-32/h1-6,11,13,22,30,33H,7-10,12,14H2,(H2,28,31)(H2,29,34). The van der Waals surface area contributed by atoms with Gasteiger partial charge >= 0.3 is 0 Å². The van der Waals surface area contributed by atoms with Gasteiger partial charge in [-0.3, -0.25) is 9.69 Å². The summed E-state index contributed by atoms with van der Waals surface area (Å²) in [6, 6.07) is 12.8. The summed E-state index contributed by atoms with van der Waals surface area (Å²) in [5.74, 6) is -0.167. The topological polar surface area (TPSA) is 127 Å². The Morgan fingerprint density at radius 2 is 1.94 bits per heavy atom. The minimum atomic E-state index is -0.676. The maximum atomic E-state index is 13.4. The van der Waals surface area contributed by atoms with Gasteiger partial charge in [-0.25, -0.2) is 9.37 Å². The fourth-order valence-corrected chi connectivity index (χ4v) is 4.30. The minimum absolute atomic E-state index is 0.0142. The quantitative estimate of drug-likeness (QED) is 0.348. The van der Waals surface area contributed by atoms with Gasteiger partial charge in [-0.05, 0) is 48.0 Å². The number of nitrogens with zero attached hydrogens (tertiary/aromatic N) is 2. The van der Waals surface area contributed by atoms with Crippen molar-refractivity contribution < 1.29 is 19.0 Å². The van der Waals surface area contributed by atoms with E-state index in [2.05, 4.69) is 10.3 Å². The van der Waals surface area contributed by atoms with Crippen molar-refractivity contribution in [2.45, 2.75) is 19.1 Å². The zero-order chi connectivity index (χ0) is 24.9. The van der Waals surface area contributed by atoms with Crippen molar-refractivity contribution in [1.29, 1.82) is 0 Å². The number of nitrogen functional groups attached to an aromatic ring is 1. The molecule has 2 aromatic carbocycles. The Labute approximate surface area is 207 Å². The molecule has 1 aliphatic heterocycles.